The highest BCUT2D eigenvalue weighted by atomic mass is 32.2. The summed E-state index contributed by atoms with van der Waals surface area (Å²) in [6, 6.07) is 1.47. The van der Waals surface area contributed by atoms with Crippen LogP contribution < -0.4 is 5.32 Å². The third-order valence-electron chi connectivity index (χ3n) is 5.60. The fraction of sp³-hybridized carbons (Fsp3) is 1.00. The van der Waals surface area contributed by atoms with E-state index >= 15 is 0 Å². The number of thioether (sulfide) groups is 1. The van der Waals surface area contributed by atoms with E-state index in [9.17, 15) is 0 Å². The molecule has 0 radical (unpaired) electrons. The maximum absolute atomic E-state index is 3.78. The van der Waals surface area contributed by atoms with Gasteiger partial charge in [-0.25, -0.2) is 0 Å². The summed E-state index contributed by atoms with van der Waals surface area (Å²) >= 11 is 2.15. The first-order valence-corrected chi connectivity index (χ1v) is 9.66. The van der Waals surface area contributed by atoms with Gasteiger partial charge in [0.25, 0.3) is 0 Å². The first kappa shape index (κ1) is 16.6. The van der Waals surface area contributed by atoms with Gasteiger partial charge in [-0.15, -0.1) is 0 Å². The number of hydrogen-bond donors (Lipinski definition) is 1. The zero-order valence-electron chi connectivity index (χ0n) is 14.1. The van der Waals surface area contributed by atoms with Gasteiger partial charge < -0.3 is 5.32 Å². The Morgan fingerprint density at radius 3 is 2.60 bits per heavy atom. The van der Waals surface area contributed by atoms with Crippen molar-refractivity contribution in [3.05, 3.63) is 0 Å². The van der Waals surface area contributed by atoms with E-state index in [1.807, 2.05) is 0 Å². The number of rotatable bonds is 4. The van der Waals surface area contributed by atoms with E-state index in [1.54, 1.807) is 0 Å². The number of nitrogens with one attached hydrogen (secondary N) is 1. The van der Waals surface area contributed by atoms with Crippen LogP contribution in [-0.4, -0.2) is 47.6 Å². The second-order valence-corrected chi connectivity index (χ2v) is 8.68. The maximum Gasteiger partial charge on any atom is 0.0184 e. The average molecular weight is 299 g/mol. The Hall–Kier alpha value is 0.270. The molecular formula is C17H34N2S. The van der Waals surface area contributed by atoms with Crippen molar-refractivity contribution < 1.29 is 0 Å². The fourth-order valence-electron chi connectivity index (χ4n) is 4.24. The molecule has 1 N–H and O–H groups in total. The van der Waals surface area contributed by atoms with E-state index in [1.165, 1.54) is 31.7 Å². The molecule has 2 rings (SSSR count). The highest BCUT2D eigenvalue weighted by Crippen LogP contribution is 2.36. The Morgan fingerprint density at radius 1 is 1.15 bits per heavy atom. The molecule has 0 aromatic rings. The quantitative estimate of drug-likeness (QED) is 0.855. The van der Waals surface area contributed by atoms with Gasteiger partial charge in [-0.2, -0.15) is 11.8 Å². The molecule has 20 heavy (non-hydrogen) atoms. The minimum Gasteiger partial charge on any atom is -0.314 e. The molecule has 118 valence electrons. The lowest BCUT2D eigenvalue weighted by Crippen LogP contribution is -2.53. The van der Waals surface area contributed by atoms with Crippen LogP contribution in [0.3, 0.4) is 0 Å². The first-order valence-electron chi connectivity index (χ1n) is 8.62. The molecule has 1 saturated heterocycles. The molecule has 6 unspecified atom stereocenters. The van der Waals surface area contributed by atoms with E-state index in [4.69, 9.17) is 0 Å². The van der Waals surface area contributed by atoms with Gasteiger partial charge in [0.15, 0.2) is 0 Å². The lowest BCUT2D eigenvalue weighted by atomic mass is 9.72. The van der Waals surface area contributed by atoms with E-state index in [-0.39, 0.29) is 0 Å². The Labute approximate surface area is 130 Å². The SMILES string of the molecule is CCNC1CC(C)CC(C)C1CN1CCSC(C)C1C. The average Bonchev–Trinajstić information content (AvgIpc) is 2.38. The Bertz CT molecular complexity index is 297. The maximum atomic E-state index is 3.78. The molecule has 6 atom stereocenters. The predicted octanol–water partition coefficient (Wildman–Crippen LogP) is 3.47. The minimum absolute atomic E-state index is 0.732. The van der Waals surface area contributed by atoms with Crippen LogP contribution in [0.5, 0.6) is 0 Å². The van der Waals surface area contributed by atoms with Crippen molar-refractivity contribution in [2.24, 2.45) is 17.8 Å². The molecule has 0 aromatic heterocycles. The fourth-order valence-corrected chi connectivity index (χ4v) is 5.40. The van der Waals surface area contributed by atoms with Gasteiger partial charge in [-0.05, 0) is 44.1 Å². The Balaban J connectivity index is 2.00. The van der Waals surface area contributed by atoms with Crippen molar-refractivity contribution in [2.75, 3.05) is 25.4 Å². The molecule has 0 aromatic carbocycles. The van der Waals surface area contributed by atoms with Crippen molar-refractivity contribution in [2.45, 2.75) is 64.8 Å². The monoisotopic (exact) mass is 298 g/mol. The van der Waals surface area contributed by atoms with Crippen LogP contribution in [0.4, 0.5) is 0 Å². The van der Waals surface area contributed by atoms with Crippen molar-refractivity contribution in [3.63, 3.8) is 0 Å². The lowest BCUT2D eigenvalue weighted by Gasteiger charge is -2.46. The van der Waals surface area contributed by atoms with Gasteiger partial charge in [-0.1, -0.05) is 27.7 Å². The zero-order chi connectivity index (χ0) is 14.7. The molecular weight excluding hydrogens is 264 g/mol. The Kier molecular flexibility index (Phi) is 6.25. The molecule has 2 fully saturated rings. The third kappa shape index (κ3) is 3.92. The number of hydrogen-bond acceptors (Lipinski definition) is 3. The third-order valence-corrected chi connectivity index (χ3v) is 6.94. The standard InChI is InChI=1S/C17H34N2S/c1-6-18-17-10-12(2)9-13(3)16(17)11-19-7-8-20-15(5)14(19)4/h12-18H,6-11H2,1-5H3. The van der Waals surface area contributed by atoms with Gasteiger partial charge in [0.2, 0.25) is 0 Å². The summed E-state index contributed by atoms with van der Waals surface area (Å²) in [6.07, 6.45) is 2.79. The van der Waals surface area contributed by atoms with E-state index in [0.717, 1.165) is 41.6 Å². The molecule has 0 spiro atoms. The second kappa shape index (κ2) is 7.51. The van der Waals surface area contributed by atoms with Crippen LogP contribution in [0.2, 0.25) is 0 Å². The lowest BCUT2D eigenvalue weighted by molar-refractivity contribution is 0.0855. The van der Waals surface area contributed by atoms with Gasteiger partial charge in [-0.3, -0.25) is 4.90 Å². The van der Waals surface area contributed by atoms with Crippen LogP contribution >= 0.6 is 11.8 Å². The van der Waals surface area contributed by atoms with Crippen LogP contribution in [-0.2, 0) is 0 Å². The van der Waals surface area contributed by atoms with Crippen molar-refractivity contribution >= 4 is 11.8 Å². The van der Waals surface area contributed by atoms with Crippen LogP contribution in [0, 0.1) is 17.8 Å². The Morgan fingerprint density at radius 2 is 1.90 bits per heavy atom. The second-order valence-electron chi connectivity index (χ2n) is 7.19. The van der Waals surface area contributed by atoms with Gasteiger partial charge in [0.1, 0.15) is 0 Å². The summed E-state index contributed by atoms with van der Waals surface area (Å²) in [5.41, 5.74) is 0. The van der Waals surface area contributed by atoms with Crippen molar-refractivity contribution in [1.29, 1.82) is 0 Å². The highest BCUT2D eigenvalue weighted by Gasteiger charge is 2.36. The molecule has 1 aliphatic carbocycles. The minimum atomic E-state index is 0.732. The van der Waals surface area contributed by atoms with Gasteiger partial charge in [0, 0.05) is 36.2 Å². The summed E-state index contributed by atoms with van der Waals surface area (Å²) in [5.74, 6) is 3.90. The topological polar surface area (TPSA) is 15.3 Å². The molecule has 2 nitrogen and oxygen atoms in total. The molecule has 1 heterocycles. The largest absolute Gasteiger partial charge is 0.314 e. The first-order chi connectivity index (χ1) is 9.52. The molecule has 1 aliphatic heterocycles. The van der Waals surface area contributed by atoms with Crippen molar-refractivity contribution in [1.82, 2.24) is 10.2 Å². The smallest absolute Gasteiger partial charge is 0.0184 e. The van der Waals surface area contributed by atoms with E-state index < -0.39 is 0 Å². The summed E-state index contributed by atoms with van der Waals surface area (Å²) < 4.78 is 0. The molecule has 2 aliphatic rings. The highest BCUT2D eigenvalue weighted by molar-refractivity contribution is 8.00. The van der Waals surface area contributed by atoms with Crippen LogP contribution in [0.1, 0.15) is 47.5 Å². The zero-order valence-corrected chi connectivity index (χ0v) is 14.9. The molecule has 0 bridgehead atoms. The summed E-state index contributed by atoms with van der Waals surface area (Å²) in [4.78, 5) is 2.77. The summed E-state index contributed by atoms with van der Waals surface area (Å²) in [6.45, 7) is 15.7. The predicted molar refractivity (Wildman–Crippen MR) is 91.5 cm³/mol. The molecule has 3 heteroatoms. The summed E-state index contributed by atoms with van der Waals surface area (Å²) in [7, 11) is 0. The van der Waals surface area contributed by atoms with Crippen LogP contribution in [0.15, 0.2) is 0 Å². The number of nitrogens with zero attached hydrogens (tertiary/aromatic N) is 1. The molecule has 0 amide bonds. The van der Waals surface area contributed by atoms with Crippen molar-refractivity contribution in [3.8, 4) is 0 Å². The van der Waals surface area contributed by atoms with Gasteiger partial charge in [0.05, 0.1) is 0 Å². The van der Waals surface area contributed by atoms with E-state index in [0.29, 0.717) is 0 Å². The van der Waals surface area contributed by atoms with E-state index in [2.05, 4.69) is 56.6 Å². The molecule has 1 saturated carbocycles. The summed E-state index contributed by atoms with van der Waals surface area (Å²) in [5, 5.41) is 4.57. The normalized spacial score (nSPS) is 43.6. The van der Waals surface area contributed by atoms with Gasteiger partial charge >= 0.3 is 0 Å². The van der Waals surface area contributed by atoms with Crippen LogP contribution in [0.25, 0.3) is 0 Å².